The van der Waals surface area contributed by atoms with Gasteiger partial charge < -0.3 is 15.1 Å². The molecule has 0 aliphatic rings. The minimum atomic E-state index is -0.384. The van der Waals surface area contributed by atoms with Gasteiger partial charge in [0.05, 0.1) is 27.0 Å². The zero-order chi connectivity index (χ0) is 16.1. The maximum atomic E-state index is 11.8. The van der Waals surface area contributed by atoms with Gasteiger partial charge in [0.2, 0.25) is 5.91 Å². The number of furan rings is 1. The molecule has 0 saturated heterocycles. The molecule has 0 fully saturated rings. The van der Waals surface area contributed by atoms with Crippen LogP contribution in [0.5, 0.6) is 0 Å². The van der Waals surface area contributed by atoms with Crippen LogP contribution in [0, 0.1) is 0 Å². The van der Waals surface area contributed by atoms with E-state index in [-0.39, 0.29) is 40.6 Å². The van der Waals surface area contributed by atoms with Crippen molar-refractivity contribution in [1.82, 2.24) is 5.32 Å². The first-order valence-electron chi connectivity index (χ1n) is 6.23. The number of nitrogens with one attached hydrogen (secondary N) is 2. The van der Waals surface area contributed by atoms with E-state index < -0.39 is 0 Å². The minimum absolute atomic E-state index is 0.0724. The van der Waals surface area contributed by atoms with Crippen LogP contribution < -0.4 is 10.6 Å². The van der Waals surface area contributed by atoms with E-state index in [4.69, 9.17) is 39.2 Å². The predicted octanol–water partition coefficient (Wildman–Crippen LogP) is 4.00. The number of anilines is 1. The topological polar surface area (TPSA) is 71.3 Å². The molecule has 0 atom stereocenters. The predicted molar refractivity (Wildman–Crippen MR) is 85.8 cm³/mol. The van der Waals surface area contributed by atoms with Crippen molar-refractivity contribution in [1.29, 1.82) is 0 Å². The third kappa shape index (κ3) is 4.40. The van der Waals surface area contributed by atoms with E-state index >= 15 is 0 Å². The number of hydrogen-bond acceptors (Lipinski definition) is 3. The molecule has 116 valence electrons. The number of carbonyl (C=O) groups excluding carboxylic acids is 2. The minimum Gasteiger partial charge on any atom is -0.459 e. The number of carbonyl (C=O) groups is 2. The van der Waals surface area contributed by atoms with Crippen LogP contribution in [0.4, 0.5) is 5.69 Å². The molecule has 0 bridgehead atoms. The smallest absolute Gasteiger partial charge is 0.286 e. The van der Waals surface area contributed by atoms with Gasteiger partial charge in [-0.1, -0.05) is 34.8 Å². The van der Waals surface area contributed by atoms with E-state index in [1.54, 1.807) is 6.07 Å². The normalized spacial score (nSPS) is 10.3. The first-order valence-corrected chi connectivity index (χ1v) is 7.37. The van der Waals surface area contributed by atoms with Gasteiger partial charge in [-0.25, -0.2) is 0 Å². The Labute approximate surface area is 141 Å². The summed E-state index contributed by atoms with van der Waals surface area (Å²) < 4.78 is 4.93. The van der Waals surface area contributed by atoms with E-state index in [0.29, 0.717) is 10.7 Å². The van der Waals surface area contributed by atoms with Crippen molar-refractivity contribution in [3.8, 4) is 0 Å². The quantitative estimate of drug-likeness (QED) is 0.791. The first-order chi connectivity index (χ1) is 10.5. The van der Waals surface area contributed by atoms with Crippen molar-refractivity contribution < 1.29 is 14.0 Å². The molecule has 1 heterocycles. The number of halogens is 3. The fourth-order valence-electron chi connectivity index (χ4n) is 1.62. The van der Waals surface area contributed by atoms with Gasteiger partial charge in [0.1, 0.15) is 0 Å². The van der Waals surface area contributed by atoms with Crippen LogP contribution in [0.3, 0.4) is 0 Å². The summed E-state index contributed by atoms with van der Waals surface area (Å²) in [5.74, 6) is -0.515. The lowest BCUT2D eigenvalue weighted by atomic mass is 10.3. The van der Waals surface area contributed by atoms with Gasteiger partial charge in [-0.15, -0.1) is 0 Å². The van der Waals surface area contributed by atoms with Crippen LogP contribution in [-0.2, 0) is 4.79 Å². The molecule has 0 aliphatic heterocycles. The molecule has 2 aromatic rings. The molecule has 2 amide bonds. The standard InChI is InChI=1S/C14H11Cl3N2O3/c15-8-6-10(17)11(7-9(8)16)19-13(20)3-4-18-14(21)12-2-1-5-22-12/h1-2,5-7H,3-4H2,(H,18,21)(H,19,20). The molecule has 0 radical (unpaired) electrons. The van der Waals surface area contributed by atoms with Gasteiger partial charge in [-0.2, -0.15) is 0 Å². The van der Waals surface area contributed by atoms with E-state index in [1.807, 2.05) is 0 Å². The van der Waals surface area contributed by atoms with Gasteiger partial charge in [0.15, 0.2) is 5.76 Å². The summed E-state index contributed by atoms with van der Waals surface area (Å²) >= 11 is 17.6. The molecule has 5 nitrogen and oxygen atoms in total. The monoisotopic (exact) mass is 360 g/mol. The van der Waals surface area contributed by atoms with Crippen molar-refractivity contribution in [3.63, 3.8) is 0 Å². The molecule has 0 saturated carbocycles. The van der Waals surface area contributed by atoms with Gasteiger partial charge in [-0.05, 0) is 24.3 Å². The van der Waals surface area contributed by atoms with Crippen LogP contribution in [0.2, 0.25) is 15.1 Å². The Kier molecular flexibility index (Phi) is 5.71. The lowest BCUT2D eigenvalue weighted by Gasteiger charge is -2.09. The molecule has 1 aromatic heterocycles. The SMILES string of the molecule is O=C(CCNC(=O)c1ccco1)Nc1cc(Cl)c(Cl)cc1Cl. The van der Waals surface area contributed by atoms with E-state index in [2.05, 4.69) is 10.6 Å². The number of rotatable bonds is 5. The maximum Gasteiger partial charge on any atom is 0.286 e. The average Bonchev–Trinajstić information content (AvgIpc) is 2.99. The summed E-state index contributed by atoms with van der Waals surface area (Å²) in [6.45, 7) is 0.157. The average molecular weight is 362 g/mol. The van der Waals surface area contributed by atoms with E-state index in [1.165, 1.54) is 24.5 Å². The van der Waals surface area contributed by atoms with Crippen molar-refractivity contribution in [3.05, 3.63) is 51.4 Å². The highest BCUT2D eigenvalue weighted by Gasteiger charge is 2.11. The highest BCUT2D eigenvalue weighted by molar-refractivity contribution is 6.44. The summed E-state index contributed by atoms with van der Waals surface area (Å²) in [6, 6.07) is 6.05. The van der Waals surface area contributed by atoms with Gasteiger partial charge in [0, 0.05) is 13.0 Å². The van der Waals surface area contributed by atoms with Crippen LogP contribution >= 0.6 is 34.8 Å². The number of hydrogen-bond donors (Lipinski definition) is 2. The first kappa shape index (κ1) is 16.7. The van der Waals surface area contributed by atoms with Crippen LogP contribution in [0.25, 0.3) is 0 Å². The fraction of sp³-hybridized carbons (Fsp3) is 0.143. The Bertz CT molecular complexity index is 687. The number of amides is 2. The Morgan fingerprint density at radius 1 is 1.09 bits per heavy atom. The Morgan fingerprint density at radius 3 is 2.50 bits per heavy atom. The van der Waals surface area contributed by atoms with Gasteiger partial charge >= 0.3 is 0 Å². The molecule has 8 heteroatoms. The second-order valence-corrected chi connectivity index (χ2v) is 5.50. The van der Waals surface area contributed by atoms with Gasteiger partial charge in [0.25, 0.3) is 5.91 Å². The second-order valence-electron chi connectivity index (χ2n) is 4.28. The second kappa shape index (κ2) is 7.54. The van der Waals surface area contributed by atoms with E-state index in [9.17, 15) is 9.59 Å². The van der Waals surface area contributed by atoms with Gasteiger partial charge in [-0.3, -0.25) is 9.59 Å². The Hall–Kier alpha value is -1.69. The molecular weight excluding hydrogens is 351 g/mol. The lowest BCUT2D eigenvalue weighted by molar-refractivity contribution is -0.116. The molecular formula is C14H11Cl3N2O3. The van der Waals surface area contributed by atoms with Crippen molar-refractivity contribution in [2.75, 3.05) is 11.9 Å². The highest BCUT2D eigenvalue weighted by atomic mass is 35.5. The van der Waals surface area contributed by atoms with E-state index in [0.717, 1.165) is 0 Å². The van der Waals surface area contributed by atoms with Crippen molar-refractivity contribution >= 4 is 52.3 Å². The number of benzene rings is 1. The Morgan fingerprint density at radius 2 is 1.82 bits per heavy atom. The largest absolute Gasteiger partial charge is 0.459 e. The fourth-order valence-corrected chi connectivity index (χ4v) is 2.21. The zero-order valence-corrected chi connectivity index (χ0v) is 13.4. The summed E-state index contributed by atoms with van der Waals surface area (Å²) in [5, 5.41) is 6.03. The maximum absolute atomic E-state index is 11.8. The molecule has 0 aliphatic carbocycles. The molecule has 2 rings (SSSR count). The summed E-state index contributed by atoms with van der Waals surface area (Å²) in [6.07, 6.45) is 1.47. The lowest BCUT2D eigenvalue weighted by Crippen LogP contribution is -2.27. The summed E-state index contributed by atoms with van der Waals surface area (Å²) in [5.41, 5.74) is 0.360. The third-order valence-corrected chi connectivity index (χ3v) is 3.70. The molecule has 1 aromatic carbocycles. The molecule has 2 N–H and O–H groups in total. The van der Waals surface area contributed by atoms with Crippen LogP contribution in [-0.4, -0.2) is 18.4 Å². The third-order valence-electron chi connectivity index (χ3n) is 2.67. The zero-order valence-electron chi connectivity index (χ0n) is 11.2. The van der Waals surface area contributed by atoms with Crippen LogP contribution in [0.15, 0.2) is 34.9 Å². The Balaban J connectivity index is 1.83. The molecule has 0 unspecified atom stereocenters. The molecule has 22 heavy (non-hydrogen) atoms. The summed E-state index contributed by atoms with van der Waals surface area (Å²) in [4.78, 5) is 23.4. The van der Waals surface area contributed by atoms with Crippen LogP contribution in [0.1, 0.15) is 17.0 Å². The summed E-state index contributed by atoms with van der Waals surface area (Å²) in [7, 11) is 0. The highest BCUT2D eigenvalue weighted by Crippen LogP contribution is 2.32. The molecule has 0 spiro atoms. The van der Waals surface area contributed by atoms with Crippen molar-refractivity contribution in [2.45, 2.75) is 6.42 Å². The van der Waals surface area contributed by atoms with Crippen molar-refractivity contribution in [2.24, 2.45) is 0 Å².